The number of hydrogen-bond donors (Lipinski definition) is 2. The van der Waals surface area contributed by atoms with Crippen LogP contribution in [0.2, 0.25) is 5.02 Å². The standard InChI is InChI=1S/C23H18ClN5O2/c1-12-5-7-16-14(9-12)23(22(31)28-16)15(10-25)21(26)29(19-8-6-13(24)11-27-19)17-3-2-4-18(30)20(17)23/h5-9,11H,2-4,26H2,1H3,(H,28,31). The van der Waals surface area contributed by atoms with E-state index >= 15 is 0 Å². The molecule has 0 radical (unpaired) electrons. The quantitative estimate of drug-likeness (QED) is 0.715. The summed E-state index contributed by atoms with van der Waals surface area (Å²) in [6.45, 7) is 1.90. The summed E-state index contributed by atoms with van der Waals surface area (Å²) in [7, 11) is 0. The van der Waals surface area contributed by atoms with Gasteiger partial charge in [-0.3, -0.25) is 14.5 Å². The highest BCUT2D eigenvalue weighted by molar-refractivity contribution is 6.30. The predicted molar refractivity (Wildman–Crippen MR) is 116 cm³/mol. The van der Waals surface area contributed by atoms with Gasteiger partial charge >= 0.3 is 0 Å². The summed E-state index contributed by atoms with van der Waals surface area (Å²) in [5.41, 5.74) is 8.02. The highest BCUT2D eigenvalue weighted by atomic mass is 35.5. The van der Waals surface area contributed by atoms with Crippen LogP contribution in [-0.2, 0) is 15.0 Å². The van der Waals surface area contributed by atoms with Crippen LogP contribution in [0.1, 0.15) is 30.4 Å². The molecule has 1 unspecified atom stereocenters. The summed E-state index contributed by atoms with van der Waals surface area (Å²) in [6, 6.07) is 11.0. The van der Waals surface area contributed by atoms with E-state index in [0.29, 0.717) is 52.6 Å². The second-order valence-corrected chi connectivity index (χ2v) is 8.33. The third-order valence-corrected chi connectivity index (χ3v) is 6.35. The molecule has 154 valence electrons. The van der Waals surface area contributed by atoms with Gasteiger partial charge in [0.15, 0.2) is 5.78 Å². The number of rotatable bonds is 1. The number of nitrogens with two attached hydrogens (primary N) is 1. The van der Waals surface area contributed by atoms with Crippen molar-refractivity contribution >= 4 is 34.8 Å². The average Bonchev–Trinajstić information content (AvgIpc) is 3.02. The zero-order valence-corrected chi connectivity index (χ0v) is 17.5. The lowest BCUT2D eigenvalue weighted by Crippen LogP contribution is -2.51. The molecule has 1 aromatic carbocycles. The van der Waals surface area contributed by atoms with Gasteiger partial charge in [-0.2, -0.15) is 5.26 Å². The van der Waals surface area contributed by atoms with Gasteiger partial charge in [0.2, 0.25) is 5.91 Å². The van der Waals surface area contributed by atoms with E-state index in [9.17, 15) is 14.9 Å². The van der Waals surface area contributed by atoms with E-state index in [2.05, 4.69) is 16.4 Å². The van der Waals surface area contributed by atoms with Gasteiger partial charge in [0.25, 0.3) is 0 Å². The zero-order chi connectivity index (χ0) is 21.9. The number of aryl methyl sites for hydroxylation is 1. The Kier molecular flexibility index (Phi) is 4.17. The van der Waals surface area contributed by atoms with Crippen LogP contribution in [-0.4, -0.2) is 16.7 Å². The topological polar surface area (TPSA) is 112 Å². The summed E-state index contributed by atoms with van der Waals surface area (Å²) in [6.07, 6.45) is 2.93. The van der Waals surface area contributed by atoms with Crippen molar-refractivity contribution in [3.05, 3.63) is 75.3 Å². The summed E-state index contributed by atoms with van der Waals surface area (Å²) >= 11 is 6.00. The molecule has 2 aliphatic heterocycles. The number of Topliss-reactive ketones (excluding diaryl/α,β-unsaturated/α-hetero) is 1. The lowest BCUT2D eigenvalue weighted by molar-refractivity contribution is -0.122. The molecule has 1 aliphatic carbocycles. The Hall–Kier alpha value is -3.63. The molecule has 3 N–H and O–H groups in total. The second kappa shape index (κ2) is 6.69. The number of nitrogens with zero attached hydrogens (tertiary/aromatic N) is 3. The van der Waals surface area contributed by atoms with E-state index < -0.39 is 11.3 Å². The van der Waals surface area contributed by atoms with Crippen LogP contribution in [0.5, 0.6) is 0 Å². The van der Waals surface area contributed by atoms with Gasteiger partial charge in [-0.15, -0.1) is 0 Å². The van der Waals surface area contributed by atoms with Crippen molar-refractivity contribution in [2.24, 2.45) is 5.73 Å². The van der Waals surface area contributed by atoms with E-state index in [1.807, 2.05) is 19.1 Å². The van der Waals surface area contributed by atoms with Gasteiger partial charge < -0.3 is 11.1 Å². The van der Waals surface area contributed by atoms with E-state index in [4.69, 9.17) is 17.3 Å². The Morgan fingerprint density at radius 1 is 1.26 bits per heavy atom. The number of carbonyl (C=O) groups is 2. The van der Waals surface area contributed by atoms with Crippen molar-refractivity contribution < 1.29 is 9.59 Å². The number of halogens is 1. The van der Waals surface area contributed by atoms with Crippen LogP contribution in [0.15, 0.2) is 59.2 Å². The van der Waals surface area contributed by atoms with Crippen LogP contribution < -0.4 is 16.0 Å². The maximum atomic E-state index is 13.5. The number of nitrogens with one attached hydrogen (secondary N) is 1. The molecule has 1 aromatic heterocycles. The molecule has 3 heterocycles. The first-order chi connectivity index (χ1) is 14.9. The minimum atomic E-state index is -1.56. The SMILES string of the molecule is Cc1ccc2c(c1)C1(C(=O)N2)C(C#N)=C(N)N(c2ccc(Cl)cn2)C2=C1C(=O)CCC2. The number of hydrogen-bond acceptors (Lipinski definition) is 6. The third-order valence-electron chi connectivity index (χ3n) is 6.12. The molecule has 1 atom stereocenters. The molecule has 5 rings (SSSR count). The molecular weight excluding hydrogens is 414 g/mol. The summed E-state index contributed by atoms with van der Waals surface area (Å²) in [5.74, 6) is -0.0612. The van der Waals surface area contributed by atoms with Crippen LogP contribution in [0, 0.1) is 18.3 Å². The van der Waals surface area contributed by atoms with E-state index in [1.54, 1.807) is 23.1 Å². The first-order valence-electron chi connectivity index (χ1n) is 9.91. The first-order valence-corrected chi connectivity index (χ1v) is 10.3. The van der Waals surface area contributed by atoms with Crippen molar-refractivity contribution in [1.29, 1.82) is 5.26 Å². The number of aromatic nitrogens is 1. The van der Waals surface area contributed by atoms with Crippen molar-refractivity contribution in [3.8, 4) is 6.07 Å². The summed E-state index contributed by atoms with van der Waals surface area (Å²) in [5, 5.41) is 13.5. The van der Waals surface area contributed by atoms with E-state index in [1.165, 1.54) is 6.20 Å². The van der Waals surface area contributed by atoms with E-state index in [-0.39, 0.29) is 17.2 Å². The maximum absolute atomic E-state index is 13.5. The molecule has 0 bridgehead atoms. The molecule has 2 aromatic rings. The molecule has 31 heavy (non-hydrogen) atoms. The summed E-state index contributed by atoms with van der Waals surface area (Å²) in [4.78, 5) is 32.9. The van der Waals surface area contributed by atoms with Crippen molar-refractivity contribution in [3.63, 3.8) is 0 Å². The van der Waals surface area contributed by atoms with Crippen molar-refractivity contribution in [1.82, 2.24) is 4.98 Å². The fourth-order valence-corrected chi connectivity index (χ4v) is 4.98. The number of fused-ring (bicyclic) bond motifs is 3. The fourth-order valence-electron chi connectivity index (χ4n) is 4.87. The van der Waals surface area contributed by atoms with Gasteiger partial charge in [-0.1, -0.05) is 29.3 Å². The number of pyridine rings is 1. The Balaban J connectivity index is 1.88. The molecule has 1 spiro atoms. The molecule has 7 nitrogen and oxygen atoms in total. The predicted octanol–water partition coefficient (Wildman–Crippen LogP) is 3.45. The number of allylic oxidation sites excluding steroid dienone is 1. The Labute approximate surface area is 183 Å². The molecule has 3 aliphatic rings. The molecule has 1 amide bonds. The molecular formula is C23H18ClN5O2. The third kappa shape index (κ3) is 2.49. The number of ketones is 1. The van der Waals surface area contributed by atoms with E-state index in [0.717, 1.165) is 5.56 Å². The van der Waals surface area contributed by atoms with Gasteiger partial charge in [0, 0.05) is 35.1 Å². The number of nitriles is 1. The Bertz CT molecular complexity index is 1270. The monoisotopic (exact) mass is 431 g/mol. The number of benzene rings is 1. The highest BCUT2D eigenvalue weighted by Gasteiger charge is 2.60. The smallest absolute Gasteiger partial charge is 0.245 e. The van der Waals surface area contributed by atoms with Crippen LogP contribution >= 0.6 is 11.6 Å². The van der Waals surface area contributed by atoms with Crippen molar-refractivity contribution in [2.75, 3.05) is 10.2 Å². The average molecular weight is 432 g/mol. The van der Waals surface area contributed by atoms with Gasteiger partial charge in [-0.25, -0.2) is 4.98 Å². The van der Waals surface area contributed by atoms with Gasteiger partial charge in [-0.05, 0) is 38.0 Å². The minimum Gasteiger partial charge on any atom is -0.384 e. The minimum absolute atomic E-state index is 0.0279. The fraction of sp³-hybridized carbons (Fsp3) is 0.217. The van der Waals surface area contributed by atoms with Crippen LogP contribution in [0.25, 0.3) is 0 Å². The van der Waals surface area contributed by atoms with Gasteiger partial charge in [0.05, 0.1) is 10.6 Å². The van der Waals surface area contributed by atoms with Crippen LogP contribution in [0.3, 0.4) is 0 Å². The normalized spacial score (nSPS) is 22.4. The Morgan fingerprint density at radius 3 is 2.77 bits per heavy atom. The maximum Gasteiger partial charge on any atom is 0.245 e. The molecule has 0 fully saturated rings. The van der Waals surface area contributed by atoms with Gasteiger partial charge in [0.1, 0.15) is 23.1 Å². The largest absolute Gasteiger partial charge is 0.384 e. The highest BCUT2D eigenvalue weighted by Crippen LogP contribution is 2.55. The summed E-state index contributed by atoms with van der Waals surface area (Å²) < 4.78 is 0. The lowest BCUT2D eigenvalue weighted by atomic mass is 9.63. The second-order valence-electron chi connectivity index (χ2n) is 7.89. The number of anilines is 2. The lowest BCUT2D eigenvalue weighted by Gasteiger charge is -2.43. The molecule has 8 heteroatoms. The first kappa shape index (κ1) is 19.3. The molecule has 0 saturated heterocycles. The van der Waals surface area contributed by atoms with Crippen molar-refractivity contribution in [2.45, 2.75) is 31.6 Å². The Morgan fingerprint density at radius 2 is 2.06 bits per heavy atom. The zero-order valence-electron chi connectivity index (χ0n) is 16.7. The number of amides is 1. The van der Waals surface area contributed by atoms with Crippen LogP contribution in [0.4, 0.5) is 11.5 Å². The molecule has 0 saturated carbocycles. The number of carbonyl (C=O) groups excluding carboxylic acids is 2.